The van der Waals surface area contributed by atoms with Crippen molar-refractivity contribution in [1.82, 2.24) is 0 Å². The number of nitrogens with zero attached hydrogens (tertiary/aromatic N) is 1. The first kappa shape index (κ1) is 15.3. The van der Waals surface area contributed by atoms with E-state index in [9.17, 15) is 10.1 Å². The van der Waals surface area contributed by atoms with Crippen LogP contribution in [0.1, 0.15) is 0 Å². The van der Waals surface area contributed by atoms with Gasteiger partial charge in [0, 0.05) is 17.5 Å². The van der Waals surface area contributed by atoms with Crippen LogP contribution in [0.4, 0.5) is 5.69 Å². The summed E-state index contributed by atoms with van der Waals surface area (Å²) >= 11 is 3.48. The average molecular weight is 374 g/mol. The molecule has 0 heterocycles. The number of nitro benzene ring substituents is 1. The van der Waals surface area contributed by atoms with Gasteiger partial charge in [-0.15, -0.1) is 0 Å². The summed E-state index contributed by atoms with van der Waals surface area (Å²) < 4.78 is 11.9. The molecule has 23 heavy (non-hydrogen) atoms. The second-order valence-corrected chi connectivity index (χ2v) is 5.67. The van der Waals surface area contributed by atoms with E-state index in [-0.39, 0.29) is 5.69 Å². The van der Waals surface area contributed by atoms with Crippen LogP contribution in [0.25, 0.3) is 10.8 Å². The fourth-order valence-corrected chi connectivity index (χ4v) is 2.66. The van der Waals surface area contributed by atoms with Gasteiger partial charge in [0.05, 0.1) is 16.5 Å². The molecule has 0 aliphatic carbocycles. The predicted octanol–water partition coefficient (Wildman–Crippen LogP) is 5.31. The molecule has 0 unspecified atom stereocenters. The maximum absolute atomic E-state index is 10.7. The first-order valence-corrected chi connectivity index (χ1v) is 7.56. The van der Waals surface area contributed by atoms with Gasteiger partial charge < -0.3 is 9.47 Å². The molecule has 0 saturated heterocycles. The minimum absolute atomic E-state index is 0.0269. The lowest BCUT2D eigenvalue weighted by molar-refractivity contribution is -0.384. The number of fused-ring (bicyclic) bond motifs is 1. The Morgan fingerprint density at radius 3 is 2.35 bits per heavy atom. The highest BCUT2D eigenvalue weighted by molar-refractivity contribution is 9.10. The Morgan fingerprint density at radius 1 is 1.00 bits per heavy atom. The normalized spacial score (nSPS) is 10.5. The van der Waals surface area contributed by atoms with E-state index in [4.69, 9.17) is 9.47 Å². The highest BCUT2D eigenvalue weighted by Gasteiger charge is 2.11. The van der Waals surface area contributed by atoms with E-state index >= 15 is 0 Å². The number of halogens is 1. The molecule has 0 spiro atoms. The molecule has 0 aliphatic heterocycles. The molecule has 116 valence electrons. The Kier molecular flexibility index (Phi) is 4.16. The van der Waals surface area contributed by atoms with Crippen molar-refractivity contribution >= 4 is 32.4 Å². The summed E-state index contributed by atoms with van der Waals surface area (Å²) in [6.45, 7) is 0. The van der Waals surface area contributed by atoms with Crippen molar-refractivity contribution in [2.24, 2.45) is 0 Å². The van der Waals surface area contributed by atoms with Gasteiger partial charge in [0.2, 0.25) is 0 Å². The summed E-state index contributed by atoms with van der Waals surface area (Å²) in [5.74, 6) is 1.94. The number of methoxy groups -OCH3 is 1. The molecule has 0 saturated carbocycles. The lowest BCUT2D eigenvalue weighted by Gasteiger charge is -2.12. The Bertz CT molecular complexity index is 878. The molecule has 5 nitrogen and oxygen atoms in total. The minimum Gasteiger partial charge on any atom is -0.497 e. The average Bonchev–Trinajstić information content (AvgIpc) is 2.57. The molecule has 3 rings (SSSR count). The molecule has 0 aliphatic rings. The van der Waals surface area contributed by atoms with Crippen molar-refractivity contribution in [3.8, 4) is 17.2 Å². The van der Waals surface area contributed by atoms with Crippen molar-refractivity contribution in [3.63, 3.8) is 0 Å². The van der Waals surface area contributed by atoms with Gasteiger partial charge in [-0.05, 0) is 57.7 Å². The molecular formula is C17H12BrNO4. The zero-order valence-corrected chi connectivity index (χ0v) is 13.7. The van der Waals surface area contributed by atoms with Crippen molar-refractivity contribution < 1.29 is 14.4 Å². The second-order valence-electron chi connectivity index (χ2n) is 4.82. The third kappa shape index (κ3) is 3.12. The second kappa shape index (κ2) is 6.26. The van der Waals surface area contributed by atoms with Gasteiger partial charge in [0.15, 0.2) is 0 Å². The summed E-state index contributed by atoms with van der Waals surface area (Å²) in [4.78, 5) is 10.3. The molecule has 0 amide bonds. The highest BCUT2D eigenvalue weighted by atomic mass is 79.9. The van der Waals surface area contributed by atoms with Crippen molar-refractivity contribution in [3.05, 3.63) is 69.2 Å². The van der Waals surface area contributed by atoms with Crippen LogP contribution < -0.4 is 9.47 Å². The number of nitro groups is 1. The van der Waals surface area contributed by atoms with E-state index in [2.05, 4.69) is 15.9 Å². The standard InChI is InChI=1S/C17H12BrNO4/c1-22-14-7-8-15-11(10-14)2-9-16(18)17(15)23-13-5-3-12(4-6-13)19(20)21/h2-10H,1H3. The number of ether oxygens (including phenoxy) is 2. The number of hydrogen-bond acceptors (Lipinski definition) is 4. The monoisotopic (exact) mass is 373 g/mol. The van der Waals surface area contributed by atoms with Gasteiger partial charge in [-0.3, -0.25) is 10.1 Å². The smallest absolute Gasteiger partial charge is 0.269 e. The maximum atomic E-state index is 10.7. The van der Waals surface area contributed by atoms with Gasteiger partial charge >= 0.3 is 0 Å². The highest BCUT2D eigenvalue weighted by Crippen LogP contribution is 2.38. The number of rotatable bonds is 4. The molecule has 0 radical (unpaired) electrons. The molecule has 0 N–H and O–H groups in total. The van der Waals surface area contributed by atoms with Crippen LogP contribution >= 0.6 is 15.9 Å². The summed E-state index contributed by atoms with van der Waals surface area (Å²) in [5, 5.41) is 12.6. The molecule has 3 aromatic carbocycles. The van der Waals surface area contributed by atoms with Gasteiger partial charge in [-0.25, -0.2) is 0 Å². The third-order valence-electron chi connectivity index (χ3n) is 3.40. The topological polar surface area (TPSA) is 61.6 Å². The number of hydrogen-bond donors (Lipinski definition) is 0. The van der Waals surface area contributed by atoms with Crippen LogP contribution in [0.2, 0.25) is 0 Å². The Morgan fingerprint density at radius 2 is 1.70 bits per heavy atom. The van der Waals surface area contributed by atoms with E-state index < -0.39 is 4.92 Å². The molecule has 0 aromatic heterocycles. The maximum Gasteiger partial charge on any atom is 0.269 e. The molecule has 0 bridgehead atoms. The van der Waals surface area contributed by atoms with Crippen LogP contribution in [0, 0.1) is 10.1 Å². The molecule has 6 heteroatoms. The van der Waals surface area contributed by atoms with Crippen molar-refractivity contribution in [2.45, 2.75) is 0 Å². The fraction of sp³-hybridized carbons (Fsp3) is 0.0588. The van der Waals surface area contributed by atoms with Gasteiger partial charge in [0.1, 0.15) is 17.2 Å². The lowest BCUT2D eigenvalue weighted by atomic mass is 10.1. The summed E-state index contributed by atoms with van der Waals surface area (Å²) in [6.07, 6.45) is 0. The van der Waals surface area contributed by atoms with E-state index in [1.807, 2.05) is 30.3 Å². The number of non-ortho nitro benzene ring substituents is 1. The van der Waals surface area contributed by atoms with E-state index in [1.165, 1.54) is 12.1 Å². The first-order chi connectivity index (χ1) is 11.1. The quantitative estimate of drug-likeness (QED) is 0.459. The van der Waals surface area contributed by atoms with Crippen LogP contribution in [0.5, 0.6) is 17.2 Å². The minimum atomic E-state index is -0.441. The fourth-order valence-electron chi connectivity index (χ4n) is 2.24. The zero-order chi connectivity index (χ0) is 16.4. The zero-order valence-electron chi connectivity index (χ0n) is 12.2. The van der Waals surface area contributed by atoms with Crippen molar-refractivity contribution in [1.29, 1.82) is 0 Å². The summed E-state index contributed by atoms with van der Waals surface area (Å²) in [7, 11) is 1.62. The van der Waals surface area contributed by atoms with Gasteiger partial charge in [-0.2, -0.15) is 0 Å². The predicted molar refractivity (Wildman–Crippen MR) is 91.4 cm³/mol. The summed E-state index contributed by atoms with van der Waals surface area (Å²) in [5.41, 5.74) is 0.0269. The SMILES string of the molecule is COc1ccc2c(Oc3ccc([N+](=O)[O-])cc3)c(Br)ccc2c1. The Labute approximate surface area is 140 Å². The number of benzene rings is 3. The first-order valence-electron chi connectivity index (χ1n) is 6.77. The summed E-state index contributed by atoms with van der Waals surface area (Å²) in [6, 6.07) is 15.5. The van der Waals surface area contributed by atoms with E-state index in [1.54, 1.807) is 19.2 Å². The molecular weight excluding hydrogens is 362 g/mol. The third-order valence-corrected chi connectivity index (χ3v) is 4.02. The Balaban J connectivity index is 2.01. The van der Waals surface area contributed by atoms with Gasteiger partial charge in [0.25, 0.3) is 5.69 Å². The molecule has 0 atom stereocenters. The largest absolute Gasteiger partial charge is 0.497 e. The molecule has 3 aromatic rings. The van der Waals surface area contributed by atoms with Crippen LogP contribution in [-0.2, 0) is 0 Å². The van der Waals surface area contributed by atoms with Crippen molar-refractivity contribution in [2.75, 3.05) is 7.11 Å². The van der Waals surface area contributed by atoms with Crippen LogP contribution in [0.3, 0.4) is 0 Å². The lowest BCUT2D eigenvalue weighted by Crippen LogP contribution is -1.90. The Hall–Kier alpha value is -2.60. The van der Waals surface area contributed by atoms with Gasteiger partial charge in [-0.1, -0.05) is 6.07 Å². The van der Waals surface area contributed by atoms with Crippen LogP contribution in [0.15, 0.2) is 59.1 Å². The van der Waals surface area contributed by atoms with E-state index in [0.29, 0.717) is 11.5 Å². The van der Waals surface area contributed by atoms with E-state index in [0.717, 1.165) is 21.0 Å². The molecule has 0 fully saturated rings. The van der Waals surface area contributed by atoms with Crippen LogP contribution in [-0.4, -0.2) is 12.0 Å².